The maximum absolute atomic E-state index is 10.6. The molecule has 8 nitrogen and oxygen atoms in total. The number of para-hydroxylation sites is 1. The second-order valence-electron chi connectivity index (χ2n) is 7.55. The number of aliphatic hydroxyl groups excluding tert-OH is 1. The van der Waals surface area contributed by atoms with Crippen LogP contribution in [0.5, 0.6) is 5.75 Å². The van der Waals surface area contributed by atoms with Gasteiger partial charge >= 0.3 is 11.9 Å². The predicted molar refractivity (Wildman–Crippen MR) is 126 cm³/mol. The molecule has 1 unspecified atom stereocenters. The van der Waals surface area contributed by atoms with Gasteiger partial charge in [-0.3, -0.25) is 19.4 Å². The molecule has 0 radical (unpaired) electrons. The number of aromatic hydroxyl groups is 1. The molecule has 1 aromatic carbocycles. The molecule has 0 aromatic heterocycles. The van der Waals surface area contributed by atoms with Gasteiger partial charge < -0.3 is 20.4 Å². The number of allylic oxidation sites excluding steroid dienone is 3. The van der Waals surface area contributed by atoms with E-state index in [4.69, 9.17) is 10.2 Å². The smallest absolute Gasteiger partial charge is 0.317 e. The summed E-state index contributed by atoms with van der Waals surface area (Å²) in [5.74, 6) is -1.32. The quantitative estimate of drug-likeness (QED) is 0.477. The van der Waals surface area contributed by atoms with Gasteiger partial charge in [-0.25, -0.2) is 0 Å². The zero-order valence-corrected chi connectivity index (χ0v) is 19.5. The lowest BCUT2D eigenvalue weighted by atomic mass is 9.89. The average Bonchev–Trinajstić information content (AvgIpc) is 2.84. The fraction of sp³-hybridized carbons (Fsp3) is 0.417. The molecule has 0 saturated carbocycles. The van der Waals surface area contributed by atoms with E-state index in [0.29, 0.717) is 13.1 Å². The second-order valence-corrected chi connectivity index (χ2v) is 7.55. The van der Waals surface area contributed by atoms with E-state index in [2.05, 4.69) is 0 Å². The molecule has 4 N–H and O–H groups in total. The number of benzene rings is 1. The first-order chi connectivity index (χ1) is 15.0. The van der Waals surface area contributed by atoms with E-state index in [-0.39, 0.29) is 30.0 Å². The number of phenols is 1. The van der Waals surface area contributed by atoms with Gasteiger partial charge in [-0.05, 0) is 32.3 Å². The van der Waals surface area contributed by atoms with Gasteiger partial charge in [0.25, 0.3) is 0 Å². The van der Waals surface area contributed by atoms with Crippen LogP contribution >= 0.6 is 0 Å². The number of rotatable bonds is 8. The van der Waals surface area contributed by atoms with E-state index < -0.39 is 11.9 Å². The summed E-state index contributed by atoms with van der Waals surface area (Å²) in [6, 6.07) is 6.90. The SMILES string of the molecule is CC.CN(CC(=O)O)CC1(C)C=CC=CC(O)=C1.CN(CC(=O)O)Cc1ccccc1O. The molecule has 0 amide bonds. The number of carbonyl (C=O) groups is 2. The van der Waals surface area contributed by atoms with E-state index in [0.717, 1.165) is 5.56 Å². The van der Waals surface area contributed by atoms with E-state index in [1.165, 1.54) is 0 Å². The topological polar surface area (TPSA) is 122 Å². The maximum Gasteiger partial charge on any atom is 0.317 e. The number of nitrogens with zero attached hydrogens (tertiary/aromatic N) is 2. The molecule has 0 aliphatic heterocycles. The Morgan fingerprint density at radius 2 is 1.50 bits per heavy atom. The van der Waals surface area contributed by atoms with Crippen LogP contribution in [0.3, 0.4) is 0 Å². The van der Waals surface area contributed by atoms with Crippen LogP contribution in [0.15, 0.2) is 60.4 Å². The van der Waals surface area contributed by atoms with Crippen molar-refractivity contribution < 1.29 is 30.0 Å². The van der Waals surface area contributed by atoms with Crippen LogP contribution in [0, 0.1) is 5.41 Å². The summed E-state index contributed by atoms with van der Waals surface area (Å²) in [6.45, 7) is 6.88. The lowest BCUT2D eigenvalue weighted by Crippen LogP contribution is -2.34. The third-order valence-corrected chi connectivity index (χ3v) is 4.19. The van der Waals surface area contributed by atoms with Crippen molar-refractivity contribution >= 4 is 11.9 Å². The fourth-order valence-electron chi connectivity index (χ4n) is 3.05. The summed E-state index contributed by atoms with van der Waals surface area (Å²) in [7, 11) is 3.44. The molecule has 0 heterocycles. The molecule has 178 valence electrons. The number of aliphatic carboxylic acids is 2. The highest BCUT2D eigenvalue weighted by atomic mass is 16.4. The zero-order valence-electron chi connectivity index (χ0n) is 19.5. The van der Waals surface area contributed by atoms with E-state index in [1.54, 1.807) is 60.3 Å². The summed E-state index contributed by atoms with van der Waals surface area (Å²) in [5, 5.41) is 36.1. The van der Waals surface area contributed by atoms with E-state index >= 15 is 0 Å². The minimum absolute atomic E-state index is 0.00847. The Hall–Kier alpha value is -3.10. The largest absolute Gasteiger partial charge is 0.508 e. The monoisotopic (exact) mass is 448 g/mol. The van der Waals surface area contributed by atoms with Gasteiger partial charge in [-0.15, -0.1) is 0 Å². The van der Waals surface area contributed by atoms with Crippen LogP contribution in [0.25, 0.3) is 0 Å². The number of hydrogen-bond acceptors (Lipinski definition) is 6. The number of likely N-dealkylation sites (N-methyl/N-ethyl adjacent to an activating group) is 2. The minimum atomic E-state index is -0.872. The lowest BCUT2D eigenvalue weighted by Gasteiger charge is -2.27. The standard InChI is InChI=1S/C12H17NO3.C10H13NO3.C2H6/c1-12(9-13(2)8-11(15)16)6-4-3-5-10(14)7-12;1-11(7-10(13)14)6-8-4-2-3-5-9(8)12;1-2/h3-7,14H,8-9H2,1-2H3,(H,15,16);2-5,12H,6-7H2,1H3,(H,13,14);1-2H3. The van der Waals surface area contributed by atoms with Crippen molar-refractivity contribution in [1.82, 2.24) is 9.80 Å². The Labute approximate surface area is 190 Å². The molecule has 0 spiro atoms. The Kier molecular flexibility index (Phi) is 13.4. The molecule has 1 aromatic rings. The number of phenolic OH excluding ortho intramolecular Hbond substituents is 1. The minimum Gasteiger partial charge on any atom is -0.508 e. The van der Waals surface area contributed by atoms with E-state index in [9.17, 15) is 19.8 Å². The van der Waals surface area contributed by atoms with Crippen LogP contribution in [0.1, 0.15) is 26.3 Å². The Morgan fingerprint density at radius 3 is 2.06 bits per heavy atom. The number of carboxylic acid groups (broad SMARTS) is 2. The first-order valence-corrected chi connectivity index (χ1v) is 10.4. The summed E-state index contributed by atoms with van der Waals surface area (Å²) in [6.07, 6.45) is 8.90. The Morgan fingerprint density at radius 1 is 0.938 bits per heavy atom. The average molecular weight is 449 g/mol. The molecule has 1 aliphatic carbocycles. The molecule has 32 heavy (non-hydrogen) atoms. The van der Waals surface area contributed by atoms with Gasteiger partial charge in [0.2, 0.25) is 0 Å². The second kappa shape index (κ2) is 14.8. The van der Waals surface area contributed by atoms with Crippen LogP contribution < -0.4 is 0 Å². The normalized spacial score (nSPS) is 16.9. The van der Waals surface area contributed by atoms with E-state index in [1.807, 2.05) is 39.0 Å². The Bertz CT molecular complexity index is 818. The first kappa shape index (κ1) is 28.9. The molecule has 0 fully saturated rings. The fourth-order valence-corrected chi connectivity index (χ4v) is 3.05. The third-order valence-electron chi connectivity index (χ3n) is 4.19. The summed E-state index contributed by atoms with van der Waals surface area (Å²) in [5.41, 5.74) is 0.383. The van der Waals surface area contributed by atoms with Crippen LogP contribution in [-0.2, 0) is 16.1 Å². The summed E-state index contributed by atoms with van der Waals surface area (Å²) < 4.78 is 0. The number of hydrogen-bond donors (Lipinski definition) is 4. The van der Waals surface area contributed by atoms with Crippen molar-refractivity contribution in [2.24, 2.45) is 5.41 Å². The van der Waals surface area contributed by atoms with Gasteiger partial charge in [0.15, 0.2) is 0 Å². The summed E-state index contributed by atoms with van der Waals surface area (Å²) in [4.78, 5) is 24.3. The van der Waals surface area contributed by atoms with Crippen molar-refractivity contribution in [1.29, 1.82) is 0 Å². The van der Waals surface area contributed by atoms with Crippen LogP contribution in [0.2, 0.25) is 0 Å². The molecule has 0 bridgehead atoms. The van der Waals surface area contributed by atoms with Gasteiger partial charge in [0, 0.05) is 24.1 Å². The highest BCUT2D eigenvalue weighted by molar-refractivity contribution is 5.69. The molecular formula is C24H36N2O6. The first-order valence-electron chi connectivity index (χ1n) is 10.4. The zero-order chi connectivity index (χ0) is 24.7. The molecule has 0 saturated heterocycles. The molecule has 2 rings (SSSR count). The number of carboxylic acids is 2. The summed E-state index contributed by atoms with van der Waals surface area (Å²) >= 11 is 0. The predicted octanol–water partition coefficient (Wildman–Crippen LogP) is 3.51. The van der Waals surface area contributed by atoms with Gasteiger partial charge in [0.05, 0.1) is 13.1 Å². The van der Waals surface area contributed by atoms with Gasteiger partial charge in [-0.1, -0.05) is 57.2 Å². The molecule has 8 heteroatoms. The van der Waals surface area contributed by atoms with Crippen molar-refractivity contribution in [2.75, 3.05) is 33.7 Å². The van der Waals surface area contributed by atoms with Gasteiger partial charge in [0.1, 0.15) is 11.5 Å². The molecule has 1 atom stereocenters. The van der Waals surface area contributed by atoms with Crippen molar-refractivity contribution in [3.63, 3.8) is 0 Å². The van der Waals surface area contributed by atoms with Crippen LogP contribution in [0.4, 0.5) is 0 Å². The highest BCUT2D eigenvalue weighted by Crippen LogP contribution is 2.25. The lowest BCUT2D eigenvalue weighted by molar-refractivity contribution is -0.139. The van der Waals surface area contributed by atoms with Crippen molar-refractivity contribution in [3.8, 4) is 5.75 Å². The maximum atomic E-state index is 10.6. The Balaban J connectivity index is 0.000000561. The third kappa shape index (κ3) is 12.6. The number of aliphatic hydroxyl groups is 1. The van der Waals surface area contributed by atoms with Crippen LogP contribution in [-0.4, -0.2) is 75.9 Å². The van der Waals surface area contributed by atoms with Gasteiger partial charge in [-0.2, -0.15) is 0 Å². The van der Waals surface area contributed by atoms with Crippen molar-refractivity contribution in [2.45, 2.75) is 27.3 Å². The molecule has 1 aliphatic rings. The molecular weight excluding hydrogens is 412 g/mol. The van der Waals surface area contributed by atoms with Crippen molar-refractivity contribution in [3.05, 3.63) is 66.0 Å². The highest BCUT2D eigenvalue weighted by Gasteiger charge is 2.22.